The molecule has 3 nitrogen and oxygen atoms in total. The largest absolute Gasteiger partial charge is 0.444 e. The lowest BCUT2D eigenvalue weighted by atomic mass is 10.2. The average Bonchev–Trinajstić information content (AvgIpc) is 1.79. The van der Waals surface area contributed by atoms with Crippen molar-refractivity contribution in [1.29, 1.82) is 0 Å². The maximum absolute atomic E-state index is 10.8. The smallest absolute Gasteiger partial charge is 0.411 e. The third kappa shape index (κ3) is 6.90. The topological polar surface area (TPSA) is 38.3 Å². The molecule has 0 aliphatic heterocycles. The molecule has 0 rings (SSSR count). The van der Waals surface area contributed by atoms with Crippen molar-refractivity contribution in [2.24, 2.45) is 0 Å². The summed E-state index contributed by atoms with van der Waals surface area (Å²) in [6, 6.07) is 0. The highest BCUT2D eigenvalue weighted by atomic mass is 16.6. The van der Waals surface area contributed by atoms with Crippen LogP contribution >= 0.6 is 0 Å². The van der Waals surface area contributed by atoms with Crippen LogP contribution in [0.1, 0.15) is 27.7 Å². The van der Waals surface area contributed by atoms with E-state index in [2.05, 4.69) is 5.32 Å². The zero-order valence-corrected chi connectivity index (χ0v) is 7.47. The Hall–Kier alpha value is -0.990. The van der Waals surface area contributed by atoms with Gasteiger partial charge in [-0.25, -0.2) is 4.79 Å². The molecule has 0 saturated heterocycles. The SMILES string of the molecule is C/C=C\NC(=O)OC(C)(C)C. The van der Waals surface area contributed by atoms with Gasteiger partial charge in [0.2, 0.25) is 0 Å². The summed E-state index contributed by atoms with van der Waals surface area (Å²) in [6.45, 7) is 7.28. The zero-order chi connectivity index (χ0) is 8.91. The third-order valence-corrected chi connectivity index (χ3v) is 0.767. The van der Waals surface area contributed by atoms with Crippen LogP contribution in [0.5, 0.6) is 0 Å². The number of allylic oxidation sites excluding steroid dienone is 1. The van der Waals surface area contributed by atoms with Gasteiger partial charge in [0.15, 0.2) is 0 Å². The number of rotatable bonds is 1. The van der Waals surface area contributed by atoms with Crippen molar-refractivity contribution in [2.45, 2.75) is 33.3 Å². The van der Waals surface area contributed by atoms with Crippen LogP contribution in [0.2, 0.25) is 0 Å². The molecular formula is C8H15NO2. The van der Waals surface area contributed by atoms with E-state index in [0.29, 0.717) is 0 Å². The molecule has 0 fully saturated rings. The standard InChI is InChI=1S/C8H15NO2/c1-5-6-9-7(10)11-8(2,3)4/h5-6H,1-4H3,(H,9,10)/b6-5-. The minimum absolute atomic E-state index is 0.421. The first kappa shape index (κ1) is 10.0. The van der Waals surface area contributed by atoms with Crippen molar-refractivity contribution in [3.8, 4) is 0 Å². The van der Waals surface area contributed by atoms with Gasteiger partial charge in [0.1, 0.15) is 5.60 Å². The molecule has 0 unspecified atom stereocenters. The predicted molar refractivity (Wildman–Crippen MR) is 44.2 cm³/mol. The molecule has 0 aromatic carbocycles. The minimum Gasteiger partial charge on any atom is -0.444 e. The van der Waals surface area contributed by atoms with Crippen molar-refractivity contribution < 1.29 is 9.53 Å². The number of nitrogens with one attached hydrogen (secondary N) is 1. The minimum atomic E-state index is -0.425. The molecule has 64 valence electrons. The van der Waals surface area contributed by atoms with E-state index in [0.717, 1.165) is 0 Å². The quantitative estimate of drug-likeness (QED) is 0.632. The number of hydrogen-bond acceptors (Lipinski definition) is 2. The number of alkyl carbamates (subject to hydrolysis) is 1. The molecule has 0 bridgehead atoms. The van der Waals surface area contributed by atoms with Gasteiger partial charge in [0, 0.05) is 6.20 Å². The van der Waals surface area contributed by atoms with Crippen LogP contribution < -0.4 is 5.32 Å². The van der Waals surface area contributed by atoms with Gasteiger partial charge in [0.05, 0.1) is 0 Å². The summed E-state index contributed by atoms with van der Waals surface area (Å²) < 4.78 is 4.94. The highest BCUT2D eigenvalue weighted by Crippen LogP contribution is 2.05. The number of ether oxygens (including phenoxy) is 1. The Balaban J connectivity index is 3.70. The molecule has 3 heteroatoms. The lowest BCUT2D eigenvalue weighted by molar-refractivity contribution is 0.0552. The fraction of sp³-hybridized carbons (Fsp3) is 0.625. The van der Waals surface area contributed by atoms with E-state index in [9.17, 15) is 4.79 Å². The monoisotopic (exact) mass is 157 g/mol. The van der Waals surface area contributed by atoms with Crippen molar-refractivity contribution in [3.05, 3.63) is 12.3 Å². The summed E-state index contributed by atoms with van der Waals surface area (Å²) >= 11 is 0. The normalized spacial score (nSPS) is 11.6. The Morgan fingerprint density at radius 1 is 1.45 bits per heavy atom. The van der Waals surface area contributed by atoms with Crippen LogP contribution in [0.4, 0.5) is 4.79 Å². The molecule has 0 spiro atoms. The Labute approximate surface area is 67.4 Å². The Bertz CT molecular complexity index is 156. The summed E-state index contributed by atoms with van der Waals surface area (Å²) in [4.78, 5) is 10.8. The lowest BCUT2D eigenvalue weighted by Crippen LogP contribution is -2.29. The first-order valence-electron chi connectivity index (χ1n) is 3.56. The maximum Gasteiger partial charge on any atom is 0.411 e. The van der Waals surface area contributed by atoms with Gasteiger partial charge in [-0.2, -0.15) is 0 Å². The number of hydrogen-bond donors (Lipinski definition) is 1. The molecule has 11 heavy (non-hydrogen) atoms. The second-order valence-corrected chi connectivity index (χ2v) is 3.15. The van der Waals surface area contributed by atoms with E-state index in [1.807, 2.05) is 27.7 Å². The highest BCUT2D eigenvalue weighted by Gasteiger charge is 2.14. The zero-order valence-electron chi connectivity index (χ0n) is 7.47. The van der Waals surface area contributed by atoms with E-state index in [1.165, 1.54) is 6.20 Å². The van der Waals surface area contributed by atoms with Gasteiger partial charge in [-0.15, -0.1) is 0 Å². The molecule has 0 heterocycles. The molecule has 0 aromatic rings. The van der Waals surface area contributed by atoms with Crippen LogP contribution in [0.3, 0.4) is 0 Å². The summed E-state index contributed by atoms with van der Waals surface area (Å²) in [5.41, 5.74) is -0.425. The van der Waals surface area contributed by atoms with E-state index >= 15 is 0 Å². The van der Waals surface area contributed by atoms with Gasteiger partial charge in [0.25, 0.3) is 0 Å². The van der Waals surface area contributed by atoms with E-state index in [1.54, 1.807) is 6.08 Å². The molecular weight excluding hydrogens is 142 g/mol. The molecule has 0 aromatic heterocycles. The van der Waals surface area contributed by atoms with Crippen molar-refractivity contribution >= 4 is 6.09 Å². The second-order valence-electron chi connectivity index (χ2n) is 3.15. The number of carbonyl (C=O) groups is 1. The van der Waals surface area contributed by atoms with Crippen molar-refractivity contribution in [1.82, 2.24) is 5.32 Å². The Morgan fingerprint density at radius 3 is 2.36 bits per heavy atom. The van der Waals surface area contributed by atoms with Gasteiger partial charge in [-0.3, -0.25) is 5.32 Å². The summed E-state index contributed by atoms with van der Waals surface area (Å²) in [6.07, 6.45) is 2.84. The predicted octanol–water partition coefficient (Wildman–Crippen LogP) is 2.04. The fourth-order valence-corrected chi connectivity index (χ4v) is 0.459. The molecule has 0 saturated carbocycles. The van der Waals surface area contributed by atoms with Gasteiger partial charge >= 0.3 is 6.09 Å². The van der Waals surface area contributed by atoms with Gasteiger partial charge in [-0.1, -0.05) is 6.08 Å². The second kappa shape index (κ2) is 4.01. The van der Waals surface area contributed by atoms with Gasteiger partial charge < -0.3 is 4.74 Å². The fourth-order valence-electron chi connectivity index (χ4n) is 0.459. The summed E-state index contributed by atoms with van der Waals surface area (Å²) in [7, 11) is 0. The third-order valence-electron chi connectivity index (χ3n) is 0.767. The molecule has 0 aliphatic carbocycles. The van der Waals surface area contributed by atoms with Crippen LogP contribution in [0, 0.1) is 0 Å². The van der Waals surface area contributed by atoms with Crippen molar-refractivity contribution in [2.75, 3.05) is 0 Å². The average molecular weight is 157 g/mol. The maximum atomic E-state index is 10.8. The number of carbonyl (C=O) groups excluding carboxylic acids is 1. The Morgan fingerprint density at radius 2 is 2.00 bits per heavy atom. The van der Waals surface area contributed by atoms with Crippen LogP contribution in [-0.2, 0) is 4.74 Å². The van der Waals surface area contributed by atoms with E-state index in [4.69, 9.17) is 4.74 Å². The molecule has 0 radical (unpaired) electrons. The number of amides is 1. The molecule has 1 N–H and O–H groups in total. The molecule has 0 atom stereocenters. The van der Waals surface area contributed by atoms with Crippen molar-refractivity contribution in [3.63, 3.8) is 0 Å². The molecule has 1 amide bonds. The first-order chi connectivity index (χ1) is 4.95. The summed E-state index contributed by atoms with van der Waals surface area (Å²) in [5.74, 6) is 0. The van der Waals surface area contributed by atoms with Gasteiger partial charge in [-0.05, 0) is 27.7 Å². The Kier molecular flexibility index (Phi) is 3.65. The van der Waals surface area contributed by atoms with Crippen LogP contribution in [0.15, 0.2) is 12.3 Å². The molecule has 0 aliphatic rings. The summed E-state index contributed by atoms with van der Waals surface area (Å²) in [5, 5.41) is 2.45. The van der Waals surface area contributed by atoms with E-state index in [-0.39, 0.29) is 0 Å². The van der Waals surface area contributed by atoms with Crippen LogP contribution in [0.25, 0.3) is 0 Å². The van der Waals surface area contributed by atoms with E-state index < -0.39 is 11.7 Å². The highest BCUT2D eigenvalue weighted by molar-refractivity contribution is 5.68. The van der Waals surface area contributed by atoms with Crippen LogP contribution in [-0.4, -0.2) is 11.7 Å². The lowest BCUT2D eigenvalue weighted by Gasteiger charge is -2.18. The first-order valence-corrected chi connectivity index (χ1v) is 3.56.